The highest BCUT2D eigenvalue weighted by Crippen LogP contribution is 2.35. The van der Waals surface area contributed by atoms with Gasteiger partial charge >= 0.3 is 0 Å². The number of halogens is 1. The maximum atomic E-state index is 12.4. The van der Waals surface area contributed by atoms with E-state index in [0.717, 1.165) is 39.8 Å². The number of rotatable bonds is 4. The minimum atomic E-state index is 0.00255. The number of carbonyl (C=O) groups excluding carboxylic acids is 1. The first-order valence-corrected chi connectivity index (χ1v) is 8.40. The van der Waals surface area contributed by atoms with Crippen LogP contribution in [-0.2, 0) is 0 Å². The van der Waals surface area contributed by atoms with Gasteiger partial charge in [-0.1, -0.05) is 54.1 Å². The second kappa shape index (κ2) is 7.06. The Morgan fingerprint density at radius 1 is 1.08 bits per heavy atom. The lowest BCUT2D eigenvalue weighted by atomic mass is 10.0. The molecule has 1 aliphatic rings. The van der Waals surface area contributed by atoms with Crippen molar-refractivity contribution in [1.82, 2.24) is 4.90 Å². The Kier molecular flexibility index (Phi) is 4.86. The van der Waals surface area contributed by atoms with Crippen LogP contribution >= 0.6 is 11.6 Å². The molecule has 0 aromatic heterocycles. The molecule has 24 heavy (non-hydrogen) atoms. The molecule has 0 N–H and O–H groups in total. The summed E-state index contributed by atoms with van der Waals surface area (Å²) in [5.41, 5.74) is 2.85. The van der Waals surface area contributed by atoms with Crippen LogP contribution in [0.25, 0.3) is 10.8 Å². The summed E-state index contributed by atoms with van der Waals surface area (Å²) in [4.78, 5) is 14.4. The van der Waals surface area contributed by atoms with E-state index in [2.05, 4.69) is 0 Å². The quantitative estimate of drug-likeness (QED) is 0.556. The predicted octanol–water partition coefficient (Wildman–Crippen LogP) is 5.31. The Labute approximate surface area is 147 Å². The minimum Gasteiger partial charge on any atom is -0.383 e. The van der Waals surface area contributed by atoms with Crippen molar-refractivity contribution in [3.63, 3.8) is 0 Å². The zero-order valence-corrected chi connectivity index (χ0v) is 14.7. The Morgan fingerprint density at radius 3 is 2.58 bits per heavy atom. The Hall–Kier alpha value is -2.32. The van der Waals surface area contributed by atoms with Gasteiger partial charge in [0, 0.05) is 30.9 Å². The molecule has 3 heteroatoms. The van der Waals surface area contributed by atoms with E-state index in [4.69, 9.17) is 11.6 Å². The average Bonchev–Trinajstić information content (AvgIpc) is 2.92. The van der Waals surface area contributed by atoms with Gasteiger partial charge in [-0.2, -0.15) is 0 Å². The van der Waals surface area contributed by atoms with Crippen molar-refractivity contribution < 1.29 is 4.79 Å². The zero-order valence-electron chi connectivity index (χ0n) is 13.9. The van der Waals surface area contributed by atoms with Gasteiger partial charge in [-0.25, -0.2) is 0 Å². The lowest BCUT2D eigenvalue weighted by molar-refractivity contribution is 0.104. The molecule has 0 unspecified atom stereocenters. The van der Waals surface area contributed by atoms with Crippen molar-refractivity contribution in [2.45, 2.75) is 12.8 Å². The second-order valence-corrected chi connectivity index (χ2v) is 6.59. The molecule has 0 aliphatic heterocycles. The average molecular weight is 338 g/mol. The third kappa shape index (κ3) is 3.60. The Balaban J connectivity index is 1.81. The van der Waals surface area contributed by atoms with Crippen LogP contribution in [0.3, 0.4) is 0 Å². The summed E-state index contributed by atoms with van der Waals surface area (Å²) in [5.74, 6) is 0.00255. The number of benzene rings is 2. The van der Waals surface area contributed by atoms with Crippen LogP contribution in [0.1, 0.15) is 23.2 Å². The smallest absolute Gasteiger partial charge is 0.185 e. The van der Waals surface area contributed by atoms with E-state index in [1.807, 2.05) is 73.7 Å². The van der Waals surface area contributed by atoms with Crippen LogP contribution in [0, 0.1) is 0 Å². The molecular formula is C21H20ClNO. The van der Waals surface area contributed by atoms with Crippen LogP contribution in [-0.4, -0.2) is 24.8 Å². The largest absolute Gasteiger partial charge is 0.383 e. The molecule has 1 aliphatic carbocycles. The van der Waals surface area contributed by atoms with E-state index >= 15 is 0 Å². The summed E-state index contributed by atoms with van der Waals surface area (Å²) in [6, 6.07) is 13.8. The highest BCUT2D eigenvalue weighted by atomic mass is 35.5. The fourth-order valence-corrected chi connectivity index (χ4v) is 3.20. The van der Waals surface area contributed by atoms with E-state index in [-0.39, 0.29) is 5.78 Å². The molecule has 2 nitrogen and oxygen atoms in total. The van der Waals surface area contributed by atoms with Gasteiger partial charge < -0.3 is 4.90 Å². The molecule has 0 bridgehead atoms. The Bertz CT molecular complexity index is 874. The van der Waals surface area contributed by atoms with Crippen molar-refractivity contribution in [2.24, 2.45) is 0 Å². The predicted molar refractivity (Wildman–Crippen MR) is 101 cm³/mol. The van der Waals surface area contributed by atoms with Gasteiger partial charge in [0.2, 0.25) is 0 Å². The van der Waals surface area contributed by atoms with Gasteiger partial charge in [-0.15, -0.1) is 0 Å². The number of nitrogens with zero attached hydrogens (tertiary/aromatic N) is 1. The number of hydrogen-bond donors (Lipinski definition) is 0. The van der Waals surface area contributed by atoms with Crippen LogP contribution in [0.15, 0.2) is 77.0 Å². The maximum Gasteiger partial charge on any atom is 0.185 e. The zero-order chi connectivity index (χ0) is 17.1. The molecule has 0 saturated carbocycles. The SMILES string of the molecule is CN(C)/C=C1\CCC(/C=C/C(=O)c2ccc3ccccc3c2)=C1Cl. The van der Waals surface area contributed by atoms with E-state index < -0.39 is 0 Å². The molecule has 3 rings (SSSR count). The summed E-state index contributed by atoms with van der Waals surface area (Å²) in [6.07, 6.45) is 7.31. The maximum absolute atomic E-state index is 12.4. The van der Waals surface area contributed by atoms with Crippen LogP contribution in [0.2, 0.25) is 0 Å². The molecule has 0 atom stereocenters. The summed E-state index contributed by atoms with van der Waals surface area (Å²) in [5, 5.41) is 2.98. The highest BCUT2D eigenvalue weighted by Gasteiger charge is 2.16. The first-order chi connectivity index (χ1) is 11.5. The van der Waals surface area contributed by atoms with E-state index in [9.17, 15) is 4.79 Å². The Morgan fingerprint density at radius 2 is 1.83 bits per heavy atom. The molecule has 2 aromatic rings. The molecule has 0 heterocycles. The lowest BCUT2D eigenvalue weighted by Gasteiger charge is -2.06. The number of allylic oxidation sites excluding steroid dienone is 5. The normalized spacial score (nSPS) is 16.5. The van der Waals surface area contributed by atoms with Crippen molar-refractivity contribution in [3.8, 4) is 0 Å². The number of carbonyl (C=O) groups is 1. The topological polar surface area (TPSA) is 20.3 Å². The highest BCUT2D eigenvalue weighted by molar-refractivity contribution is 6.33. The van der Waals surface area contributed by atoms with Gasteiger partial charge in [0.05, 0.1) is 0 Å². The van der Waals surface area contributed by atoms with E-state index in [1.165, 1.54) is 0 Å². The van der Waals surface area contributed by atoms with E-state index in [1.54, 1.807) is 6.08 Å². The monoisotopic (exact) mass is 337 g/mol. The second-order valence-electron chi connectivity index (χ2n) is 6.22. The van der Waals surface area contributed by atoms with Gasteiger partial charge in [0.25, 0.3) is 0 Å². The summed E-state index contributed by atoms with van der Waals surface area (Å²) in [7, 11) is 3.96. The number of ketones is 1. The molecule has 2 aromatic carbocycles. The van der Waals surface area contributed by atoms with Crippen LogP contribution < -0.4 is 0 Å². The standard InChI is InChI=1S/C21H20ClNO/c1-23(2)14-19-10-8-16(21(19)22)11-12-20(24)18-9-7-15-5-3-4-6-17(15)13-18/h3-7,9,11-14H,8,10H2,1-2H3/b12-11+,19-14+. The first-order valence-electron chi connectivity index (χ1n) is 8.02. The molecule has 0 saturated heterocycles. The minimum absolute atomic E-state index is 0.00255. The number of hydrogen-bond acceptors (Lipinski definition) is 2. The summed E-state index contributed by atoms with van der Waals surface area (Å²) in [6.45, 7) is 0. The lowest BCUT2D eigenvalue weighted by Crippen LogP contribution is -2.02. The molecule has 0 spiro atoms. The van der Waals surface area contributed by atoms with Crippen LogP contribution in [0.4, 0.5) is 0 Å². The first kappa shape index (κ1) is 16.5. The number of fused-ring (bicyclic) bond motifs is 1. The molecule has 0 amide bonds. The van der Waals surface area contributed by atoms with Crippen molar-refractivity contribution in [1.29, 1.82) is 0 Å². The summed E-state index contributed by atoms with van der Waals surface area (Å²) < 4.78 is 0. The molecular weight excluding hydrogens is 318 g/mol. The van der Waals surface area contributed by atoms with Gasteiger partial charge in [0.15, 0.2) is 5.78 Å². The molecule has 122 valence electrons. The van der Waals surface area contributed by atoms with E-state index in [0.29, 0.717) is 5.56 Å². The summed E-state index contributed by atoms with van der Waals surface area (Å²) >= 11 is 6.42. The fourth-order valence-electron chi connectivity index (χ4n) is 2.90. The van der Waals surface area contributed by atoms with Crippen LogP contribution in [0.5, 0.6) is 0 Å². The van der Waals surface area contributed by atoms with Gasteiger partial charge in [-0.05, 0) is 46.9 Å². The van der Waals surface area contributed by atoms with Gasteiger partial charge in [-0.3, -0.25) is 4.79 Å². The van der Waals surface area contributed by atoms with Crippen molar-refractivity contribution in [3.05, 3.63) is 82.6 Å². The molecule has 0 radical (unpaired) electrons. The third-order valence-electron chi connectivity index (χ3n) is 4.11. The molecule has 0 fully saturated rings. The van der Waals surface area contributed by atoms with Gasteiger partial charge in [0.1, 0.15) is 0 Å². The van der Waals surface area contributed by atoms with Crippen molar-refractivity contribution in [2.75, 3.05) is 14.1 Å². The fraction of sp³-hybridized carbons (Fsp3) is 0.190. The third-order valence-corrected chi connectivity index (χ3v) is 4.60. The van der Waals surface area contributed by atoms with Crippen molar-refractivity contribution >= 4 is 28.2 Å².